The van der Waals surface area contributed by atoms with Crippen molar-refractivity contribution in [3.8, 4) is 5.75 Å². The minimum atomic E-state index is -0.884. The van der Waals surface area contributed by atoms with Crippen LogP contribution in [-0.2, 0) is 11.2 Å². The number of ether oxygens (including phenoxy) is 1. The van der Waals surface area contributed by atoms with Gasteiger partial charge in [-0.15, -0.1) is 11.3 Å². The van der Waals surface area contributed by atoms with Crippen LogP contribution in [0.2, 0.25) is 10.0 Å². The molecule has 0 saturated heterocycles. The number of nitrogens with one attached hydrogen (secondary N) is 1. The van der Waals surface area contributed by atoms with E-state index in [0.717, 1.165) is 16.0 Å². The average Bonchev–Trinajstić information content (AvgIpc) is 3.04. The second-order valence-electron chi connectivity index (χ2n) is 5.52. The Morgan fingerprint density at radius 3 is 2.85 bits per heavy atom. The summed E-state index contributed by atoms with van der Waals surface area (Å²) in [5, 5.41) is 1.24. The Morgan fingerprint density at radius 1 is 1.38 bits per heavy atom. The normalized spacial score (nSPS) is 12.2. The van der Waals surface area contributed by atoms with Crippen LogP contribution in [0, 0.1) is 0 Å². The number of benzene rings is 1. The van der Waals surface area contributed by atoms with Crippen LogP contribution in [0.1, 0.15) is 18.7 Å². The van der Waals surface area contributed by atoms with Gasteiger partial charge in [0.05, 0.1) is 10.4 Å². The molecule has 1 aromatic carbocycles. The Kier molecular flexibility index (Phi) is 5.50. The molecule has 0 radical (unpaired) electrons. The number of aromatic nitrogens is 2. The lowest BCUT2D eigenvalue weighted by molar-refractivity contribution is -0.123. The molecule has 0 spiro atoms. The summed E-state index contributed by atoms with van der Waals surface area (Å²) < 4.78 is 6.60. The molecule has 0 aliphatic rings. The largest absolute Gasteiger partial charge is 0.479 e. The standard InChI is InChI=1S/C17H15Cl2N3O3S/c1-3-11-7-12-16(26-11)20-8-22(17(12)24)21-15(23)9(2)25-14-5-4-10(18)6-13(14)19/h4-9H,3H2,1-2H3,(H,21,23)/t9-/m1/s1. The molecule has 3 aromatic rings. The predicted octanol–water partition coefficient (Wildman–Crippen LogP) is 3.86. The molecule has 0 unspecified atom stereocenters. The van der Waals surface area contributed by atoms with Crippen LogP contribution >= 0.6 is 34.5 Å². The Morgan fingerprint density at radius 2 is 2.15 bits per heavy atom. The van der Waals surface area contributed by atoms with E-state index < -0.39 is 12.0 Å². The number of hydrogen-bond acceptors (Lipinski definition) is 5. The van der Waals surface area contributed by atoms with Crippen LogP contribution in [0.5, 0.6) is 5.75 Å². The Labute approximate surface area is 163 Å². The van der Waals surface area contributed by atoms with Gasteiger partial charge in [0.15, 0.2) is 6.10 Å². The van der Waals surface area contributed by atoms with E-state index in [2.05, 4.69) is 10.4 Å². The molecule has 26 heavy (non-hydrogen) atoms. The number of carbonyl (C=O) groups is 1. The first kappa shape index (κ1) is 18.7. The van der Waals surface area contributed by atoms with Gasteiger partial charge in [0.2, 0.25) is 0 Å². The maximum absolute atomic E-state index is 12.5. The van der Waals surface area contributed by atoms with E-state index in [1.807, 2.05) is 6.92 Å². The molecule has 3 rings (SSSR count). The summed E-state index contributed by atoms with van der Waals surface area (Å²) >= 11 is 13.3. The lowest BCUT2D eigenvalue weighted by Crippen LogP contribution is -2.39. The van der Waals surface area contributed by atoms with Crippen molar-refractivity contribution in [2.45, 2.75) is 26.4 Å². The van der Waals surface area contributed by atoms with Crippen LogP contribution < -0.4 is 15.7 Å². The lowest BCUT2D eigenvalue weighted by atomic mass is 10.3. The van der Waals surface area contributed by atoms with Crippen molar-refractivity contribution in [2.24, 2.45) is 0 Å². The fraction of sp³-hybridized carbons (Fsp3) is 0.235. The fourth-order valence-electron chi connectivity index (χ4n) is 2.25. The van der Waals surface area contributed by atoms with Gasteiger partial charge in [-0.25, -0.2) is 9.66 Å². The Hall–Kier alpha value is -2.09. The quantitative estimate of drug-likeness (QED) is 0.691. The highest BCUT2D eigenvalue weighted by Crippen LogP contribution is 2.28. The smallest absolute Gasteiger partial charge is 0.280 e. The molecular formula is C17H15Cl2N3O3S. The fourth-order valence-corrected chi connectivity index (χ4v) is 3.63. The number of carbonyl (C=O) groups excluding carboxylic acids is 1. The summed E-state index contributed by atoms with van der Waals surface area (Å²) in [6, 6.07) is 6.50. The molecule has 6 nitrogen and oxygen atoms in total. The van der Waals surface area contributed by atoms with E-state index in [-0.39, 0.29) is 5.56 Å². The maximum atomic E-state index is 12.5. The first-order chi connectivity index (χ1) is 12.4. The zero-order chi connectivity index (χ0) is 18.8. The summed E-state index contributed by atoms with van der Waals surface area (Å²) in [6.07, 6.45) is 1.23. The Bertz CT molecular complexity index is 1030. The number of fused-ring (bicyclic) bond motifs is 1. The second-order valence-corrected chi connectivity index (χ2v) is 7.47. The van der Waals surface area contributed by atoms with Crippen molar-refractivity contribution in [2.75, 3.05) is 5.43 Å². The van der Waals surface area contributed by atoms with Gasteiger partial charge < -0.3 is 4.74 Å². The first-order valence-electron chi connectivity index (χ1n) is 7.81. The van der Waals surface area contributed by atoms with Gasteiger partial charge in [0.1, 0.15) is 16.9 Å². The van der Waals surface area contributed by atoms with E-state index in [0.29, 0.717) is 26.0 Å². The molecule has 0 saturated carbocycles. The van der Waals surface area contributed by atoms with Crippen LogP contribution in [-0.4, -0.2) is 21.7 Å². The summed E-state index contributed by atoms with van der Waals surface area (Å²) in [7, 11) is 0. The summed E-state index contributed by atoms with van der Waals surface area (Å²) in [5.41, 5.74) is 2.16. The number of nitrogens with zero attached hydrogens (tertiary/aromatic N) is 2. The number of thiophene rings is 1. The van der Waals surface area contributed by atoms with E-state index in [1.165, 1.54) is 23.7 Å². The molecule has 0 fully saturated rings. The number of rotatable bonds is 5. The van der Waals surface area contributed by atoms with Crippen molar-refractivity contribution in [3.05, 3.63) is 55.9 Å². The van der Waals surface area contributed by atoms with Gasteiger partial charge >= 0.3 is 0 Å². The van der Waals surface area contributed by atoms with Crippen LogP contribution in [0.15, 0.2) is 35.4 Å². The number of halogens is 2. The van der Waals surface area contributed by atoms with Crippen LogP contribution in [0.25, 0.3) is 10.2 Å². The highest BCUT2D eigenvalue weighted by molar-refractivity contribution is 7.18. The molecule has 0 aliphatic heterocycles. The predicted molar refractivity (Wildman–Crippen MR) is 104 cm³/mol. The first-order valence-corrected chi connectivity index (χ1v) is 9.39. The summed E-state index contributed by atoms with van der Waals surface area (Å²) in [5.74, 6) is -0.185. The van der Waals surface area contributed by atoms with E-state index in [9.17, 15) is 9.59 Å². The van der Waals surface area contributed by atoms with Crippen molar-refractivity contribution >= 4 is 50.7 Å². The third-order valence-corrected chi connectivity index (χ3v) is 5.37. The SMILES string of the molecule is CCc1cc2c(=O)n(NC(=O)[C@@H](C)Oc3ccc(Cl)cc3Cl)cnc2s1. The van der Waals surface area contributed by atoms with Crippen molar-refractivity contribution in [3.63, 3.8) is 0 Å². The summed E-state index contributed by atoms with van der Waals surface area (Å²) in [6.45, 7) is 3.56. The van der Waals surface area contributed by atoms with Crippen LogP contribution in [0.4, 0.5) is 0 Å². The summed E-state index contributed by atoms with van der Waals surface area (Å²) in [4.78, 5) is 30.8. The molecule has 1 N–H and O–H groups in total. The zero-order valence-corrected chi connectivity index (χ0v) is 16.3. The van der Waals surface area contributed by atoms with E-state index in [1.54, 1.807) is 25.1 Å². The van der Waals surface area contributed by atoms with E-state index >= 15 is 0 Å². The average molecular weight is 412 g/mol. The van der Waals surface area contributed by atoms with Crippen molar-refractivity contribution in [1.29, 1.82) is 0 Å². The molecule has 2 aromatic heterocycles. The topological polar surface area (TPSA) is 73.2 Å². The number of hydrogen-bond donors (Lipinski definition) is 1. The molecule has 136 valence electrons. The molecule has 2 heterocycles. The highest BCUT2D eigenvalue weighted by Gasteiger charge is 2.18. The van der Waals surface area contributed by atoms with Gasteiger partial charge in [0, 0.05) is 9.90 Å². The third kappa shape index (κ3) is 3.85. The van der Waals surface area contributed by atoms with Crippen molar-refractivity contribution in [1.82, 2.24) is 9.66 Å². The minimum Gasteiger partial charge on any atom is -0.479 e. The molecule has 9 heteroatoms. The van der Waals surface area contributed by atoms with Crippen molar-refractivity contribution < 1.29 is 9.53 Å². The van der Waals surface area contributed by atoms with Crippen LogP contribution in [0.3, 0.4) is 0 Å². The van der Waals surface area contributed by atoms with Gasteiger partial charge in [-0.1, -0.05) is 30.1 Å². The monoisotopic (exact) mass is 411 g/mol. The third-order valence-electron chi connectivity index (χ3n) is 3.65. The van der Waals surface area contributed by atoms with Gasteiger partial charge in [0.25, 0.3) is 11.5 Å². The van der Waals surface area contributed by atoms with Gasteiger partial charge in [-0.2, -0.15) is 0 Å². The van der Waals surface area contributed by atoms with E-state index in [4.69, 9.17) is 27.9 Å². The Balaban J connectivity index is 1.77. The van der Waals surface area contributed by atoms with Gasteiger partial charge in [-0.3, -0.25) is 15.0 Å². The number of aryl methyl sites for hydroxylation is 1. The number of amides is 1. The molecule has 1 atom stereocenters. The molecule has 0 aliphatic carbocycles. The van der Waals surface area contributed by atoms with Gasteiger partial charge in [-0.05, 0) is 37.6 Å². The molecule has 0 bridgehead atoms. The second kappa shape index (κ2) is 7.65. The highest BCUT2D eigenvalue weighted by atomic mass is 35.5. The maximum Gasteiger partial charge on any atom is 0.280 e. The lowest BCUT2D eigenvalue weighted by Gasteiger charge is -2.16. The zero-order valence-electron chi connectivity index (χ0n) is 14.0. The molecule has 1 amide bonds. The molecular weight excluding hydrogens is 397 g/mol. The minimum absolute atomic E-state index is 0.294.